The third-order valence-electron chi connectivity index (χ3n) is 5.23. The van der Waals surface area contributed by atoms with Crippen LogP contribution in [0.3, 0.4) is 0 Å². The first-order valence-electron chi connectivity index (χ1n) is 7.24. The minimum atomic E-state index is -0.0620. The third-order valence-corrected chi connectivity index (χ3v) is 9.06. The van der Waals surface area contributed by atoms with Crippen molar-refractivity contribution < 1.29 is 0 Å². The van der Waals surface area contributed by atoms with E-state index in [4.69, 9.17) is 0 Å². The lowest BCUT2D eigenvalue weighted by atomic mass is 9.75. The number of halogens is 4. The summed E-state index contributed by atoms with van der Waals surface area (Å²) >= 11 is 15.8. The highest BCUT2D eigenvalue weighted by atomic mass is 79.9. The Labute approximate surface area is 164 Å². The molecule has 2 fully saturated rings. The Balaban J connectivity index is 1.94. The average molecular weight is 550 g/mol. The molecule has 0 N–H and O–H groups in total. The lowest BCUT2D eigenvalue weighted by molar-refractivity contribution is 0.506. The van der Waals surface area contributed by atoms with Gasteiger partial charge in [0.25, 0.3) is 0 Å². The van der Waals surface area contributed by atoms with E-state index in [0.717, 1.165) is 12.8 Å². The smallest absolute Gasteiger partial charge is 0.0717 e. The van der Waals surface area contributed by atoms with Gasteiger partial charge in [-0.2, -0.15) is 0 Å². The molecule has 0 nitrogen and oxygen atoms in total. The van der Waals surface area contributed by atoms with Crippen molar-refractivity contribution in [2.75, 3.05) is 0 Å². The van der Waals surface area contributed by atoms with Crippen molar-refractivity contribution in [3.05, 3.63) is 71.8 Å². The van der Waals surface area contributed by atoms with Crippen molar-refractivity contribution in [2.45, 2.75) is 30.1 Å². The van der Waals surface area contributed by atoms with E-state index in [1.807, 2.05) is 0 Å². The second-order valence-electron chi connectivity index (χ2n) is 6.31. The summed E-state index contributed by atoms with van der Waals surface area (Å²) in [4.78, 5) is 0. The molecule has 2 saturated carbocycles. The second kappa shape index (κ2) is 4.93. The molecule has 0 aromatic heterocycles. The standard InChI is InChI=1S/C18H14Br4/c19-17(20)11-15(17,13-7-3-1-4-8-13)16(12-18(16,21)22)14-9-5-2-6-10-14/h1-10H,11-12H2/t15-,16+. The van der Waals surface area contributed by atoms with Crippen LogP contribution in [0.4, 0.5) is 0 Å². The van der Waals surface area contributed by atoms with Gasteiger partial charge in [-0.05, 0) is 24.0 Å². The normalized spacial score (nSPS) is 34.2. The summed E-state index contributed by atoms with van der Waals surface area (Å²) in [6.45, 7) is 0. The largest absolute Gasteiger partial charge is 0.0921 e. The fourth-order valence-electron chi connectivity index (χ4n) is 4.07. The summed E-state index contributed by atoms with van der Waals surface area (Å²) in [5.41, 5.74) is 2.81. The van der Waals surface area contributed by atoms with Gasteiger partial charge in [-0.25, -0.2) is 0 Å². The minimum absolute atomic E-state index is 0.0234. The van der Waals surface area contributed by atoms with Crippen molar-refractivity contribution in [3.8, 4) is 0 Å². The Hall–Kier alpha value is 0.360. The Morgan fingerprint density at radius 2 is 0.818 bits per heavy atom. The van der Waals surface area contributed by atoms with Crippen LogP contribution < -0.4 is 0 Å². The molecule has 2 aromatic carbocycles. The predicted molar refractivity (Wildman–Crippen MR) is 107 cm³/mol. The fourth-order valence-corrected chi connectivity index (χ4v) is 8.02. The Morgan fingerprint density at radius 1 is 0.545 bits per heavy atom. The summed E-state index contributed by atoms with van der Waals surface area (Å²) in [5.74, 6) is 0. The number of hydrogen-bond acceptors (Lipinski definition) is 0. The van der Waals surface area contributed by atoms with Gasteiger partial charge in [0.15, 0.2) is 0 Å². The quantitative estimate of drug-likeness (QED) is 0.377. The highest BCUT2D eigenvalue weighted by molar-refractivity contribution is 9.26. The number of rotatable bonds is 3. The lowest BCUT2D eigenvalue weighted by Gasteiger charge is -2.32. The molecule has 22 heavy (non-hydrogen) atoms. The molecule has 4 rings (SSSR count). The Morgan fingerprint density at radius 3 is 1.05 bits per heavy atom. The van der Waals surface area contributed by atoms with Gasteiger partial charge in [-0.1, -0.05) is 124 Å². The Kier molecular flexibility index (Phi) is 3.56. The van der Waals surface area contributed by atoms with E-state index in [9.17, 15) is 0 Å². The average Bonchev–Trinajstić information content (AvgIpc) is 3.31. The van der Waals surface area contributed by atoms with Gasteiger partial charge < -0.3 is 0 Å². The van der Waals surface area contributed by atoms with Crippen LogP contribution in [0.25, 0.3) is 0 Å². The fraction of sp³-hybridized carbons (Fsp3) is 0.333. The molecule has 2 aliphatic carbocycles. The summed E-state index contributed by atoms with van der Waals surface area (Å²) < 4.78 is -0.124. The first-order valence-corrected chi connectivity index (χ1v) is 10.4. The van der Waals surface area contributed by atoms with Crippen molar-refractivity contribution in [1.29, 1.82) is 0 Å². The molecule has 0 saturated heterocycles. The Bertz CT molecular complexity index is 647. The highest BCUT2D eigenvalue weighted by Crippen LogP contribution is 2.86. The molecule has 0 amide bonds. The van der Waals surface area contributed by atoms with Crippen molar-refractivity contribution >= 4 is 63.7 Å². The van der Waals surface area contributed by atoms with E-state index < -0.39 is 0 Å². The molecule has 0 bridgehead atoms. The van der Waals surface area contributed by atoms with Crippen LogP contribution in [0.5, 0.6) is 0 Å². The highest BCUT2D eigenvalue weighted by Gasteiger charge is 2.86. The minimum Gasteiger partial charge on any atom is -0.0717 e. The van der Waals surface area contributed by atoms with Gasteiger partial charge in [-0.15, -0.1) is 0 Å². The number of benzene rings is 2. The van der Waals surface area contributed by atoms with Crippen LogP contribution >= 0.6 is 63.7 Å². The second-order valence-corrected chi connectivity index (χ2v) is 13.8. The van der Waals surface area contributed by atoms with E-state index in [-0.39, 0.29) is 17.3 Å². The zero-order valence-corrected chi connectivity index (χ0v) is 18.0. The molecule has 0 radical (unpaired) electrons. The van der Waals surface area contributed by atoms with Crippen molar-refractivity contribution in [2.24, 2.45) is 0 Å². The van der Waals surface area contributed by atoms with Gasteiger partial charge in [-0.3, -0.25) is 0 Å². The number of alkyl halides is 4. The van der Waals surface area contributed by atoms with Gasteiger partial charge >= 0.3 is 0 Å². The molecule has 0 spiro atoms. The molecular formula is C18H14Br4. The van der Waals surface area contributed by atoms with Crippen LogP contribution in [0.15, 0.2) is 60.7 Å². The molecule has 2 atom stereocenters. The van der Waals surface area contributed by atoms with Crippen LogP contribution in [0.1, 0.15) is 24.0 Å². The van der Waals surface area contributed by atoms with Crippen LogP contribution in [0.2, 0.25) is 0 Å². The van der Waals surface area contributed by atoms with Gasteiger partial charge in [0, 0.05) is 10.8 Å². The van der Waals surface area contributed by atoms with Crippen molar-refractivity contribution in [3.63, 3.8) is 0 Å². The zero-order chi connectivity index (χ0) is 15.6. The van der Waals surface area contributed by atoms with E-state index >= 15 is 0 Å². The third kappa shape index (κ3) is 1.90. The van der Waals surface area contributed by atoms with Gasteiger partial charge in [0.1, 0.15) is 0 Å². The van der Waals surface area contributed by atoms with E-state index in [1.54, 1.807) is 0 Å². The van der Waals surface area contributed by atoms with Crippen LogP contribution in [-0.2, 0) is 10.8 Å². The first-order chi connectivity index (χ1) is 10.4. The maximum absolute atomic E-state index is 3.95. The molecule has 0 heterocycles. The molecule has 0 aliphatic heterocycles. The molecule has 0 unspecified atom stereocenters. The monoisotopic (exact) mass is 546 g/mol. The van der Waals surface area contributed by atoms with Crippen LogP contribution in [0, 0.1) is 0 Å². The van der Waals surface area contributed by atoms with E-state index in [0.29, 0.717) is 0 Å². The first kappa shape index (κ1) is 15.9. The van der Waals surface area contributed by atoms with Gasteiger partial charge in [0.05, 0.1) is 6.47 Å². The number of hydrogen-bond donors (Lipinski definition) is 0. The van der Waals surface area contributed by atoms with Crippen LogP contribution in [-0.4, -0.2) is 6.47 Å². The van der Waals surface area contributed by atoms with Gasteiger partial charge in [0.2, 0.25) is 0 Å². The SMILES string of the molecule is BrC1(Br)C[C@@]1(c1ccccc1)[C@@]1(c2ccccc2)CC1(Br)Br. The molecule has 4 heteroatoms. The molecular weight excluding hydrogens is 536 g/mol. The zero-order valence-electron chi connectivity index (χ0n) is 11.7. The summed E-state index contributed by atoms with van der Waals surface area (Å²) in [6, 6.07) is 21.7. The lowest BCUT2D eigenvalue weighted by Crippen LogP contribution is -2.35. The summed E-state index contributed by atoms with van der Waals surface area (Å²) in [6.07, 6.45) is 2.13. The topological polar surface area (TPSA) is 0 Å². The molecule has 2 aromatic rings. The molecule has 114 valence electrons. The summed E-state index contributed by atoms with van der Waals surface area (Å²) in [5, 5.41) is 0. The molecule has 2 aliphatic rings. The predicted octanol–water partition coefficient (Wildman–Crippen LogP) is 6.64. The van der Waals surface area contributed by atoms with E-state index in [2.05, 4.69) is 124 Å². The summed E-state index contributed by atoms with van der Waals surface area (Å²) in [7, 11) is 0. The van der Waals surface area contributed by atoms with Crippen molar-refractivity contribution in [1.82, 2.24) is 0 Å². The maximum Gasteiger partial charge on any atom is 0.0921 e. The van der Waals surface area contributed by atoms with E-state index in [1.165, 1.54) is 11.1 Å². The maximum atomic E-state index is 3.95.